The summed E-state index contributed by atoms with van der Waals surface area (Å²) in [4.78, 5) is 30.0. The molecule has 1 aromatic heterocycles. The maximum Gasteiger partial charge on any atom is 0.416 e. The third-order valence-corrected chi connectivity index (χ3v) is 4.47. The molecule has 2 aromatic rings. The first-order valence-electron chi connectivity index (χ1n) is 9.14. The molecule has 0 unspecified atom stereocenters. The maximum atomic E-state index is 13.1. The van der Waals surface area contributed by atoms with Crippen molar-refractivity contribution in [1.29, 1.82) is 0 Å². The van der Waals surface area contributed by atoms with Crippen LogP contribution in [0.4, 0.5) is 31.1 Å². The molecule has 0 atom stereocenters. The first-order chi connectivity index (χ1) is 15.4. The summed E-state index contributed by atoms with van der Waals surface area (Å²) in [5.41, 5.74) is -3.96. The zero-order valence-electron chi connectivity index (χ0n) is 16.4. The molecule has 0 radical (unpaired) electrons. The fourth-order valence-electron chi connectivity index (χ4n) is 3.01. The number of aliphatic hydroxyl groups is 2. The molecule has 2 heterocycles. The van der Waals surface area contributed by atoms with Gasteiger partial charge in [0.2, 0.25) is 0 Å². The van der Waals surface area contributed by atoms with Crippen molar-refractivity contribution in [3.05, 3.63) is 41.4 Å². The van der Waals surface area contributed by atoms with Crippen LogP contribution >= 0.6 is 0 Å². The van der Waals surface area contributed by atoms with E-state index in [9.17, 15) is 35.9 Å². The molecule has 15 heteroatoms. The molecule has 1 aliphatic heterocycles. The average Bonchev–Trinajstić information content (AvgIpc) is 3.28. The number of carbonyl (C=O) groups excluding carboxylic acids is 2. The molecule has 3 amide bonds. The number of hydrogen-bond donors (Lipinski definition) is 2. The van der Waals surface area contributed by atoms with Crippen molar-refractivity contribution in [3.63, 3.8) is 0 Å². The van der Waals surface area contributed by atoms with E-state index >= 15 is 0 Å². The zero-order chi connectivity index (χ0) is 24.6. The lowest BCUT2D eigenvalue weighted by Gasteiger charge is -2.15. The Labute approximate surface area is 181 Å². The van der Waals surface area contributed by atoms with E-state index < -0.39 is 60.0 Å². The standard InChI is InChI=1S/C18H15F6N5O4/c19-17(20,21)11-5-10(6-12(7-11)18(22,23)24)14-25-9-27(26-14)8-13-15(32)29(2-4-31)16(33)28(13)1-3-30/h5-9,30-31H,1-4H2/b13-8-. The number of imide groups is 1. The molecule has 0 saturated carbocycles. The molecule has 2 N–H and O–H groups in total. The van der Waals surface area contributed by atoms with E-state index in [2.05, 4.69) is 10.1 Å². The van der Waals surface area contributed by atoms with Gasteiger partial charge in [0, 0.05) is 5.56 Å². The predicted octanol–water partition coefficient (Wildman–Crippen LogP) is 2.03. The molecule has 1 saturated heterocycles. The average molecular weight is 479 g/mol. The SMILES string of the molecule is O=C1/C(=C/n2cnc(-c3cc(C(F)(F)F)cc(C(F)(F)F)c3)n2)N(CCO)C(=O)N1CCO. The Morgan fingerprint density at radius 3 is 1.94 bits per heavy atom. The third-order valence-electron chi connectivity index (χ3n) is 4.47. The van der Waals surface area contributed by atoms with Crippen LogP contribution in [0.3, 0.4) is 0 Å². The summed E-state index contributed by atoms with van der Waals surface area (Å²) in [6.07, 6.45) is -8.22. The van der Waals surface area contributed by atoms with E-state index in [1.165, 1.54) is 0 Å². The van der Waals surface area contributed by atoms with Crippen molar-refractivity contribution in [3.8, 4) is 11.4 Å². The Morgan fingerprint density at radius 1 is 0.879 bits per heavy atom. The lowest BCUT2D eigenvalue weighted by Crippen LogP contribution is -2.35. The number of β-amino-alcohol motifs (C(OH)–C–C–N with tert-alkyl or cyclic N) is 2. The van der Waals surface area contributed by atoms with E-state index in [1.807, 2.05) is 0 Å². The smallest absolute Gasteiger partial charge is 0.395 e. The molecule has 0 aliphatic carbocycles. The van der Waals surface area contributed by atoms with Gasteiger partial charge in [-0.3, -0.25) is 14.6 Å². The van der Waals surface area contributed by atoms with Crippen LogP contribution in [0.25, 0.3) is 17.6 Å². The first kappa shape index (κ1) is 24.2. The summed E-state index contributed by atoms with van der Waals surface area (Å²) in [7, 11) is 0. The summed E-state index contributed by atoms with van der Waals surface area (Å²) in [5, 5.41) is 22.0. The second kappa shape index (κ2) is 8.82. The summed E-state index contributed by atoms with van der Waals surface area (Å²) < 4.78 is 79.3. The van der Waals surface area contributed by atoms with Crippen molar-refractivity contribution in [1.82, 2.24) is 24.6 Å². The van der Waals surface area contributed by atoms with E-state index in [1.54, 1.807) is 0 Å². The summed E-state index contributed by atoms with van der Waals surface area (Å²) >= 11 is 0. The lowest BCUT2D eigenvalue weighted by atomic mass is 10.0. The molecule has 1 fully saturated rings. The van der Waals surface area contributed by atoms with Crippen LogP contribution in [0.1, 0.15) is 11.1 Å². The number of aromatic nitrogens is 3. The molecule has 1 aliphatic rings. The summed E-state index contributed by atoms with van der Waals surface area (Å²) in [6.45, 7) is -1.66. The Balaban J connectivity index is 2.02. The van der Waals surface area contributed by atoms with Gasteiger partial charge in [0.25, 0.3) is 5.91 Å². The molecule has 33 heavy (non-hydrogen) atoms. The molecule has 9 nitrogen and oxygen atoms in total. The second-order valence-electron chi connectivity index (χ2n) is 6.70. The van der Waals surface area contributed by atoms with Crippen LogP contribution in [-0.4, -0.2) is 73.0 Å². The molecular formula is C18H15F6N5O4. The van der Waals surface area contributed by atoms with Gasteiger partial charge in [-0.2, -0.15) is 26.3 Å². The summed E-state index contributed by atoms with van der Waals surface area (Å²) in [5.74, 6) is -1.35. The minimum absolute atomic E-state index is 0.0339. The molecular weight excluding hydrogens is 464 g/mol. The van der Waals surface area contributed by atoms with E-state index in [0.717, 1.165) is 22.1 Å². The van der Waals surface area contributed by atoms with Gasteiger partial charge in [-0.1, -0.05) is 0 Å². The quantitative estimate of drug-likeness (QED) is 0.373. The number of urea groups is 1. The van der Waals surface area contributed by atoms with Gasteiger partial charge < -0.3 is 10.2 Å². The van der Waals surface area contributed by atoms with Gasteiger partial charge >= 0.3 is 18.4 Å². The topological polar surface area (TPSA) is 112 Å². The Kier molecular flexibility index (Phi) is 6.46. The summed E-state index contributed by atoms with van der Waals surface area (Å²) in [6, 6.07) is 0.0384. The molecule has 178 valence electrons. The monoisotopic (exact) mass is 479 g/mol. The number of nitrogens with zero attached hydrogens (tertiary/aromatic N) is 5. The maximum absolute atomic E-state index is 13.1. The fourth-order valence-corrected chi connectivity index (χ4v) is 3.01. The Morgan fingerprint density at radius 2 is 1.42 bits per heavy atom. The van der Waals surface area contributed by atoms with Crippen molar-refractivity contribution in [2.75, 3.05) is 26.3 Å². The fraction of sp³-hybridized carbons (Fsp3) is 0.333. The van der Waals surface area contributed by atoms with Gasteiger partial charge in [-0.25, -0.2) is 14.5 Å². The number of carbonyl (C=O) groups is 2. The normalized spacial score (nSPS) is 16.4. The van der Waals surface area contributed by atoms with E-state index in [-0.39, 0.29) is 24.9 Å². The van der Waals surface area contributed by atoms with Crippen LogP contribution < -0.4 is 0 Å². The number of amides is 3. The predicted molar refractivity (Wildman–Crippen MR) is 97.7 cm³/mol. The van der Waals surface area contributed by atoms with Crippen molar-refractivity contribution in [2.45, 2.75) is 12.4 Å². The number of halogens is 6. The highest BCUT2D eigenvalue weighted by molar-refractivity contribution is 6.13. The highest BCUT2D eigenvalue weighted by Gasteiger charge is 2.41. The molecule has 0 spiro atoms. The van der Waals surface area contributed by atoms with Crippen LogP contribution in [0, 0.1) is 0 Å². The highest BCUT2D eigenvalue weighted by atomic mass is 19.4. The van der Waals surface area contributed by atoms with Crippen LogP contribution in [0.5, 0.6) is 0 Å². The van der Waals surface area contributed by atoms with Crippen LogP contribution in [0.2, 0.25) is 0 Å². The van der Waals surface area contributed by atoms with Gasteiger partial charge in [0.05, 0.1) is 43.6 Å². The van der Waals surface area contributed by atoms with Gasteiger partial charge in [0.1, 0.15) is 12.0 Å². The minimum Gasteiger partial charge on any atom is -0.395 e. The zero-order valence-corrected chi connectivity index (χ0v) is 16.4. The number of hydrogen-bond acceptors (Lipinski definition) is 6. The Bertz CT molecular complexity index is 1060. The van der Waals surface area contributed by atoms with E-state index in [4.69, 9.17) is 10.2 Å². The third kappa shape index (κ3) is 4.98. The largest absolute Gasteiger partial charge is 0.416 e. The van der Waals surface area contributed by atoms with Gasteiger partial charge in [0.15, 0.2) is 5.82 Å². The van der Waals surface area contributed by atoms with Crippen LogP contribution in [-0.2, 0) is 17.1 Å². The first-order valence-corrected chi connectivity index (χ1v) is 9.14. The molecule has 1 aromatic carbocycles. The minimum atomic E-state index is -5.06. The van der Waals surface area contributed by atoms with Crippen molar-refractivity contribution in [2.24, 2.45) is 0 Å². The highest BCUT2D eigenvalue weighted by Crippen LogP contribution is 2.38. The van der Waals surface area contributed by atoms with Gasteiger partial charge in [-0.05, 0) is 18.2 Å². The van der Waals surface area contributed by atoms with Gasteiger partial charge in [-0.15, -0.1) is 5.10 Å². The molecule has 0 bridgehead atoms. The number of rotatable bonds is 6. The number of aliphatic hydroxyl groups excluding tert-OH is 2. The van der Waals surface area contributed by atoms with E-state index in [0.29, 0.717) is 17.0 Å². The Hall–Kier alpha value is -3.46. The molecule has 3 rings (SSSR count). The van der Waals surface area contributed by atoms with Crippen molar-refractivity contribution < 1.29 is 46.1 Å². The lowest BCUT2D eigenvalue weighted by molar-refractivity contribution is -0.143. The van der Waals surface area contributed by atoms with Crippen LogP contribution in [0.15, 0.2) is 30.2 Å². The number of benzene rings is 1. The van der Waals surface area contributed by atoms with Crippen molar-refractivity contribution >= 4 is 18.1 Å². The second-order valence-corrected chi connectivity index (χ2v) is 6.70. The number of alkyl halides is 6.